The van der Waals surface area contributed by atoms with E-state index in [1.807, 2.05) is 0 Å². The smallest absolute Gasteiger partial charge is 0.323 e. The second kappa shape index (κ2) is 5.95. The maximum absolute atomic E-state index is 11.2. The predicted molar refractivity (Wildman–Crippen MR) is 60.6 cm³/mol. The molecule has 0 aliphatic carbocycles. The van der Waals surface area contributed by atoms with Crippen LogP contribution in [0.5, 0.6) is 0 Å². The van der Waals surface area contributed by atoms with E-state index in [1.165, 1.54) is 13.4 Å². The fourth-order valence-corrected chi connectivity index (χ4v) is 1.43. The Morgan fingerprint density at radius 2 is 2.27 bits per heavy atom. The fourth-order valence-electron chi connectivity index (χ4n) is 1.43. The van der Waals surface area contributed by atoms with Gasteiger partial charge in [-0.3, -0.25) is 10.1 Å². The first-order valence-electron chi connectivity index (χ1n) is 4.08. The third kappa shape index (κ3) is 2.84. The standard InChI is InChI=1S/C8H10N3O2.2ClH/c1-13-8(12)6-2-5-7(3-9-6)11-4-10-5;;/h4,6,9H,2-3H2,1H3;2*1H. The number of nitrogens with zero attached hydrogens (tertiary/aromatic N) is 2. The number of aliphatic imine (C=N–C) groups is 1. The molecule has 2 aliphatic heterocycles. The van der Waals surface area contributed by atoms with Crippen LogP contribution in [0.3, 0.4) is 0 Å². The van der Waals surface area contributed by atoms with Gasteiger partial charge in [-0.05, 0) is 0 Å². The van der Waals surface area contributed by atoms with Crippen LogP contribution in [-0.2, 0) is 9.53 Å². The normalized spacial score (nSPS) is 22.1. The minimum atomic E-state index is -0.269. The van der Waals surface area contributed by atoms with E-state index in [1.54, 1.807) is 0 Å². The molecule has 1 atom stereocenters. The monoisotopic (exact) mass is 252 g/mol. The van der Waals surface area contributed by atoms with E-state index in [0.717, 1.165) is 11.4 Å². The van der Waals surface area contributed by atoms with Gasteiger partial charge in [0.15, 0.2) is 0 Å². The zero-order chi connectivity index (χ0) is 9.26. The number of carbonyl (C=O) groups excluding carboxylic acids is 1. The van der Waals surface area contributed by atoms with Crippen LogP contribution in [-0.4, -0.2) is 32.0 Å². The number of nitrogens with one attached hydrogen (secondary N) is 1. The average molecular weight is 253 g/mol. The van der Waals surface area contributed by atoms with Crippen molar-refractivity contribution in [3.8, 4) is 0 Å². The van der Waals surface area contributed by atoms with Crippen LogP contribution in [0.4, 0.5) is 0 Å². The SMILES string of the molecule is COC(=O)C1CC2=C(CN1)[N]C=N2.Cl.Cl. The highest BCUT2D eigenvalue weighted by molar-refractivity contribution is 5.85. The molecular formula is C8H12Cl2N3O2. The second-order valence-electron chi connectivity index (χ2n) is 2.93. The van der Waals surface area contributed by atoms with Crippen LogP contribution >= 0.6 is 24.8 Å². The van der Waals surface area contributed by atoms with Gasteiger partial charge in [0.2, 0.25) is 0 Å². The number of ether oxygens (including phenoxy) is 1. The highest BCUT2D eigenvalue weighted by Crippen LogP contribution is 2.19. The molecule has 0 aromatic carbocycles. The van der Waals surface area contributed by atoms with Crippen LogP contribution in [0, 0.1) is 0 Å². The maximum atomic E-state index is 11.2. The topological polar surface area (TPSA) is 64.8 Å². The first-order chi connectivity index (χ1) is 6.31. The first-order valence-corrected chi connectivity index (χ1v) is 4.08. The predicted octanol–water partition coefficient (Wildman–Crippen LogP) is 0.223. The molecule has 0 spiro atoms. The molecule has 0 fully saturated rings. The zero-order valence-corrected chi connectivity index (χ0v) is 9.73. The van der Waals surface area contributed by atoms with E-state index in [4.69, 9.17) is 0 Å². The molecule has 2 rings (SSSR count). The Morgan fingerprint density at radius 1 is 1.53 bits per heavy atom. The Balaban J connectivity index is 0.000000980. The van der Waals surface area contributed by atoms with Crippen LogP contribution in [0.25, 0.3) is 0 Å². The van der Waals surface area contributed by atoms with Crippen LogP contribution in [0.2, 0.25) is 0 Å². The van der Waals surface area contributed by atoms with Crippen molar-refractivity contribution in [1.29, 1.82) is 0 Å². The van der Waals surface area contributed by atoms with Gasteiger partial charge in [-0.2, -0.15) is 0 Å². The first kappa shape index (κ1) is 14.2. The van der Waals surface area contributed by atoms with E-state index in [-0.39, 0.29) is 36.8 Å². The lowest BCUT2D eigenvalue weighted by molar-refractivity contribution is -0.143. The minimum Gasteiger partial charge on any atom is -0.468 e. The van der Waals surface area contributed by atoms with Crippen molar-refractivity contribution >= 4 is 37.1 Å². The van der Waals surface area contributed by atoms with E-state index in [2.05, 4.69) is 20.4 Å². The molecule has 0 amide bonds. The van der Waals surface area contributed by atoms with E-state index in [0.29, 0.717) is 13.0 Å². The summed E-state index contributed by atoms with van der Waals surface area (Å²) < 4.78 is 4.63. The van der Waals surface area contributed by atoms with E-state index >= 15 is 0 Å². The van der Waals surface area contributed by atoms with Gasteiger partial charge in [-0.25, -0.2) is 10.3 Å². The number of esters is 1. The Hall–Kier alpha value is -0.780. The zero-order valence-electron chi connectivity index (χ0n) is 8.10. The van der Waals surface area contributed by atoms with Crippen molar-refractivity contribution in [1.82, 2.24) is 10.6 Å². The summed E-state index contributed by atoms with van der Waals surface area (Å²) in [5.41, 5.74) is 1.83. The molecule has 5 nitrogen and oxygen atoms in total. The summed E-state index contributed by atoms with van der Waals surface area (Å²) in [7, 11) is 1.39. The summed E-state index contributed by atoms with van der Waals surface area (Å²) in [5, 5.41) is 7.09. The summed E-state index contributed by atoms with van der Waals surface area (Å²) in [6.45, 7) is 0.592. The van der Waals surface area contributed by atoms with Crippen molar-refractivity contribution in [3.05, 3.63) is 11.4 Å². The van der Waals surface area contributed by atoms with E-state index in [9.17, 15) is 4.79 Å². The summed E-state index contributed by atoms with van der Waals surface area (Å²) in [6.07, 6.45) is 2.09. The Bertz CT molecular complexity index is 304. The van der Waals surface area contributed by atoms with Gasteiger partial charge in [0.05, 0.1) is 18.5 Å². The number of carbonyl (C=O) groups is 1. The Kier molecular flexibility index (Phi) is 5.64. The highest BCUT2D eigenvalue weighted by atomic mass is 35.5. The molecule has 0 aromatic rings. The highest BCUT2D eigenvalue weighted by Gasteiger charge is 2.28. The number of hydrogen-bond acceptors (Lipinski definition) is 4. The molecule has 0 aromatic heterocycles. The summed E-state index contributed by atoms with van der Waals surface area (Å²) in [4.78, 5) is 15.2. The van der Waals surface area contributed by atoms with Crippen molar-refractivity contribution in [3.63, 3.8) is 0 Å². The third-order valence-electron chi connectivity index (χ3n) is 2.16. The van der Waals surface area contributed by atoms with Gasteiger partial charge >= 0.3 is 5.97 Å². The number of rotatable bonds is 1. The summed E-state index contributed by atoms with van der Waals surface area (Å²) >= 11 is 0. The Labute approximate surface area is 100 Å². The van der Waals surface area contributed by atoms with Crippen molar-refractivity contribution in [2.75, 3.05) is 13.7 Å². The number of hydrogen-bond donors (Lipinski definition) is 1. The fraction of sp³-hybridized carbons (Fsp3) is 0.500. The second-order valence-corrected chi connectivity index (χ2v) is 2.93. The van der Waals surface area contributed by atoms with Crippen molar-refractivity contribution < 1.29 is 9.53 Å². The average Bonchev–Trinajstić information content (AvgIpc) is 2.63. The van der Waals surface area contributed by atoms with Crippen LogP contribution < -0.4 is 10.6 Å². The van der Waals surface area contributed by atoms with Gasteiger partial charge < -0.3 is 4.74 Å². The number of methoxy groups -OCH3 is 1. The molecule has 2 aliphatic rings. The van der Waals surface area contributed by atoms with E-state index < -0.39 is 0 Å². The lowest BCUT2D eigenvalue weighted by Gasteiger charge is -2.21. The molecular weight excluding hydrogens is 241 g/mol. The van der Waals surface area contributed by atoms with Gasteiger partial charge in [0, 0.05) is 13.0 Å². The molecule has 1 unspecified atom stereocenters. The molecule has 0 saturated heterocycles. The molecule has 2 heterocycles. The molecule has 0 saturated carbocycles. The molecule has 85 valence electrons. The van der Waals surface area contributed by atoms with Gasteiger partial charge in [-0.15, -0.1) is 24.8 Å². The molecule has 0 bridgehead atoms. The van der Waals surface area contributed by atoms with Crippen LogP contribution in [0.15, 0.2) is 16.4 Å². The van der Waals surface area contributed by atoms with Gasteiger partial charge in [0.1, 0.15) is 12.4 Å². The maximum Gasteiger partial charge on any atom is 0.323 e. The summed E-state index contributed by atoms with van der Waals surface area (Å²) in [6, 6.07) is -0.269. The minimum absolute atomic E-state index is 0. The summed E-state index contributed by atoms with van der Waals surface area (Å²) in [5.74, 6) is -0.242. The largest absolute Gasteiger partial charge is 0.468 e. The number of halogens is 2. The molecule has 1 radical (unpaired) electrons. The van der Waals surface area contributed by atoms with Crippen LogP contribution in [0.1, 0.15) is 6.42 Å². The molecule has 1 N–H and O–H groups in total. The lowest BCUT2D eigenvalue weighted by atomic mass is 10.1. The molecule has 7 heteroatoms. The lowest BCUT2D eigenvalue weighted by Crippen LogP contribution is -2.42. The van der Waals surface area contributed by atoms with Gasteiger partial charge in [-0.1, -0.05) is 0 Å². The van der Waals surface area contributed by atoms with Crippen molar-refractivity contribution in [2.24, 2.45) is 4.99 Å². The Morgan fingerprint density at radius 3 is 2.93 bits per heavy atom. The van der Waals surface area contributed by atoms with Crippen molar-refractivity contribution in [2.45, 2.75) is 12.5 Å². The molecule has 15 heavy (non-hydrogen) atoms. The third-order valence-corrected chi connectivity index (χ3v) is 2.16. The quantitative estimate of drug-likeness (QED) is 0.680. The van der Waals surface area contributed by atoms with Gasteiger partial charge in [0.25, 0.3) is 0 Å².